The van der Waals surface area contributed by atoms with Crippen molar-refractivity contribution < 1.29 is 0 Å². The largest absolute Gasteiger partial charge is 0.261 e. The van der Waals surface area contributed by atoms with Gasteiger partial charge in [-0.25, -0.2) is 9.97 Å². The van der Waals surface area contributed by atoms with E-state index in [0.29, 0.717) is 5.82 Å². The smallest absolute Gasteiger partial charge is 0.159 e. The lowest BCUT2D eigenvalue weighted by Gasteiger charge is -2.05. The van der Waals surface area contributed by atoms with Crippen LogP contribution in [-0.4, -0.2) is 26.2 Å². The van der Waals surface area contributed by atoms with Crippen LogP contribution in [0.3, 0.4) is 0 Å². The number of hydrazone groups is 1. The summed E-state index contributed by atoms with van der Waals surface area (Å²) in [6.45, 7) is 0. The third-order valence-corrected chi connectivity index (χ3v) is 5.25. The predicted molar refractivity (Wildman–Crippen MR) is 114 cm³/mol. The lowest BCUT2D eigenvalue weighted by Crippen LogP contribution is -1.96. The molecule has 134 valence electrons. The molecule has 0 aliphatic rings. The van der Waals surface area contributed by atoms with Gasteiger partial charge in [0.1, 0.15) is 11.2 Å². The number of hydrogen-bond donors (Lipinski definition) is 1. The fourth-order valence-electron chi connectivity index (χ4n) is 3.07. The number of benzene rings is 2. The van der Waals surface area contributed by atoms with Gasteiger partial charge in [-0.1, -0.05) is 42.5 Å². The van der Waals surface area contributed by atoms with Gasteiger partial charge < -0.3 is 0 Å². The second-order valence-corrected chi connectivity index (χ2v) is 6.92. The minimum Gasteiger partial charge on any atom is -0.261 e. The van der Waals surface area contributed by atoms with E-state index in [9.17, 15) is 0 Å². The van der Waals surface area contributed by atoms with Gasteiger partial charge in [0.25, 0.3) is 0 Å². The van der Waals surface area contributed by atoms with Crippen LogP contribution in [0.15, 0.2) is 77.7 Å². The van der Waals surface area contributed by atoms with Crippen LogP contribution < -0.4 is 5.43 Å². The molecule has 3 heterocycles. The first-order valence-corrected chi connectivity index (χ1v) is 9.54. The Morgan fingerprint density at radius 2 is 1.79 bits per heavy atom. The second kappa shape index (κ2) is 7.13. The van der Waals surface area contributed by atoms with E-state index in [1.165, 1.54) is 0 Å². The molecule has 0 bridgehead atoms. The number of nitrogens with zero attached hydrogens (tertiary/aromatic N) is 5. The molecule has 2 aromatic carbocycles. The lowest BCUT2D eigenvalue weighted by molar-refractivity contribution is 1.19. The van der Waals surface area contributed by atoms with E-state index in [0.717, 1.165) is 37.9 Å². The minimum absolute atomic E-state index is 0.674. The predicted octanol–water partition coefficient (Wildman–Crippen LogP) is 4.75. The Morgan fingerprint density at radius 1 is 0.893 bits per heavy atom. The van der Waals surface area contributed by atoms with Gasteiger partial charge >= 0.3 is 0 Å². The molecule has 6 nitrogen and oxygen atoms in total. The van der Waals surface area contributed by atoms with E-state index in [2.05, 4.69) is 48.0 Å². The molecule has 3 aromatic heterocycles. The van der Waals surface area contributed by atoms with Crippen molar-refractivity contribution in [3.63, 3.8) is 0 Å². The van der Waals surface area contributed by atoms with E-state index in [-0.39, 0.29) is 0 Å². The molecule has 0 atom stereocenters. The topological polar surface area (TPSA) is 76.0 Å². The molecule has 0 amide bonds. The normalized spacial score (nSPS) is 11.4. The summed E-state index contributed by atoms with van der Waals surface area (Å²) in [6.07, 6.45) is 6.65. The van der Waals surface area contributed by atoms with Gasteiger partial charge in [0.15, 0.2) is 5.82 Å². The Hall–Kier alpha value is -3.71. The van der Waals surface area contributed by atoms with Gasteiger partial charge in [-0.2, -0.15) is 5.10 Å². The lowest BCUT2D eigenvalue weighted by atomic mass is 10.1. The van der Waals surface area contributed by atoms with Crippen molar-refractivity contribution in [2.75, 3.05) is 5.43 Å². The molecule has 0 fully saturated rings. The van der Waals surface area contributed by atoms with Gasteiger partial charge in [-0.15, -0.1) is 11.3 Å². The minimum atomic E-state index is 0.674. The number of hydrogen-bond acceptors (Lipinski definition) is 7. The second-order valence-electron chi connectivity index (χ2n) is 6.06. The number of thiophene rings is 1. The molecule has 5 aromatic rings. The Balaban J connectivity index is 1.52. The Kier molecular flexibility index (Phi) is 4.19. The van der Waals surface area contributed by atoms with Crippen LogP contribution >= 0.6 is 11.3 Å². The van der Waals surface area contributed by atoms with Crippen LogP contribution in [0.5, 0.6) is 0 Å². The number of nitrogens with one attached hydrogen (secondary N) is 1. The van der Waals surface area contributed by atoms with E-state index in [1.54, 1.807) is 36.3 Å². The third-order valence-electron chi connectivity index (χ3n) is 4.36. The maximum Gasteiger partial charge on any atom is 0.159 e. The van der Waals surface area contributed by atoms with Gasteiger partial charge in [-0.3, -0.25) is 15.4 Å². The maximum absolute atomic E-state index is 4.40. The fourth-order valence-corrected chi connectivity index (χ4v) is 3.99. The summed E-state index contributed by atoms with van der Waals surface area (Å²) in [5.41, 5.74) is 7.82. The number of para-hydroxylation sites is 1. The number of fused-ring (bicyclic) bond motifs is 2. The fraction of sp³-hybridized carbons (Fsp3) is 0. The highest BCUT2D eigenvalue weighted by Gasteiger charge is 2.12. The SMILES string of the molecule is C(=N/Nc1ncnc2scc(-c3ccccc3)c12)/c1cccc2nccnc12. The van der Waals surface area contributed by atoms with Crippen molar-refractivity contribution in [3.05, 3.63) is 78.2 Å². The zero-order valence-electron chi connectivity index (χ0n) is 14.6. The van der Waals surface area contributed by atoms with Gasteiger partial charge in [0.05, 0.1) is 22.6 Å². The Bertz CT molecular complexity index is 1290. The number of rotatable bonds is 4. The average Bonchev–Trinajstić information content (AvgIpc) is 3.20. The van der Waals surface area contributed by atoms with Crippen molar-refractivity contribution in [2.24, 2.45) is 5.10 Å². The van der Waals surface area contributed by atoms with Crippen LogP contribution in [0.25, 0.3) is 32.4 Å². The van der Waals surface area contributed by atoms with Crippen molar-refractivity contribution in [2.45, 2.75) is 0 Å². The average molecular weight is 382 g/mol. The first-order valence-electron chi connectivity index (χ1n) is 8.66. The molecule has 0 unspecified atom stereocenters. The zero-order valence-corrected chi connectivity index (χ0v) is 15.5. The molecule has 0 saturated heterocycles. The molecule has 0 aliphatic carbocycles. The summed E-state index contributed by atoms with van der Waals surface area (Å²) in [7, 11) is 0. The molecule has 5 rings (SSSR count). The molecule has 7 heteroatoms. The van der Waals surface area contributed by atoms with Crippen LogP contribution in [0, 0.1) is 0 Å². The summed E-state index contributed by atoms with van der Waals surface area (Å²) < 4.78 is 0. The highest BCUT2D eigenvalue weighted by molar-refractivity contribution is 7.17. The Labute approximate surface area is 164 Å². The molecule has 0 spiro atoms. The first kappa shape index (κ1) is 16.5. The number of anilines is 1. The summed E-state index contributed by atoms with van der Waals surface area (Å²) >= 11 is 1.59. The molecular formula is C21H14N6S. The number of aromatic nitrogens is 4. The highest BCUT2D eigenvalue weighted by atomic mass is 32.1. The van der Waals surface area contributed by atoms with E-state index in [1.807, 2.05) is 36.4 Å². The Morgan fingerprint density at radius 3 is 2.71 bits per heavy atom. The summed E-state index contributed by atoms with van der Waals surface area (Å²) in [5.74, 6) is 0.674. The highest BCUT2D eigenvalue weighted by Crippen LogP contribution is 2.36. The molecule has 0 aliphatic heterocycles. The van der Waals surface area contributed by atoms with E-state index >= 15 is 0 Å². The summed E-state index contributed by atoms with van der Waals surface area (Å²) in [4.78, 5) is 18.4. The van der Waals surface area contributed by atoms with Crippen molar-refractivity contribution >= 4 is 44.6 Å². The zero-order chi connectivity index (χ0) is 18.8. The van der Waals surface area contributed by atoms with E-state index < -0.39 is 0 Å². The van der Waals surface area contributed by atoms with Gasteiger partial charge in [0, 0.05) is 28.9 Å². The quantitative estimate of drug-likeness (QED) is 0.359. The van der Waals surface area contributed by atoms with Crippen molar-refractivity contribution in [1.29, 1.82) is 0 Å². The first-order chi connectivity index (χ1) is 13.9. The van der Waals surface area contributed by atoms with Crippen LogP contribution in [-0.2, 0) is 0 Å². The maximum atomic E-state index is 4.40. The van der Waals surface area contributed by atoms with Crippen molar-refractivity contribution in [1.82, 2.24) is 19.9 Å². The summed E-state index contributed by atoms with van der Waals surface area (Å²) in [6, 6.07) is 16.0. The van der Waals surface area contributed by atoms with Crippen LogP contribution in [0.1, 0.15) is 5.56 Å². The molecule has 0 radical (unpaired) electrons. The van der Waals surface area contributed by atoms with Crippen molar-refractivity contribution in [3.8, 4) is 11.1 Å². The van der Waals surface area contributed by atoms with Crippen LogP contribution in [0.4, 0.5) is 5.82 Å². The standard InChI is InChI=1S/C21H14N6S/c1-2-5-14(6-3-1)16-12-28-21-18(16)20(24-13-25-21)27-26-11-15-7-4-8-17-19(15)23-10-9-22-17/h1-13H,(H,24,25,27)/b26-11-. The van der Waals surface area contributed by atoms with Gasteiger partial charge in [-0.05, 0) is 11.6 Å². The molecule has 28 heavy (non-hydrogen) atoms. The summed E-state index contributed by atoms with van der Waals surface area (Å²) in [5, 5.41) is 7.47. The monoisotopic (exact) mass is 382 g/mol. The molecular weight excluding hydrogens is 368 g/mol. The molecule has 1 N–H and O–H groups in total. The molecule has 0 saturated carbocycles. The van der Waals surface area contributed by atoms with Gasteiger partial charge in [0.2, 0.25) is 0 Å². The third kappa shape index (κ3) is 2.97. The van der Waals surface area contributed by atoms with Crippen LogP contribution in [0.2, 0.25) is 0 Å². The van der Waals surface area contributed by atoms with E-state index in [4.69, 9.17) is 0 Å².